The summed E-state index contributed by atoms with van der Waals surface area (Å²) < 4.78 is 11.4. The third-order valence-corrected chi connectivity index (χ3v) is 4.56. The van der Waals surface area contributed by atoms with Gasteiger partial charge in [0.05, 0.1) is 25.2 Å². The van der Waals surface area contributed by atoms with E-state index in [2.05, 4.69) is 24.5 Å². The molecule has 25 heavy (non-hydrogen) atoms. The average Bonchev–Trinajstić information content (AvgIpc) is 2.62. The molecule has 1 fully saturated rings. The minimum atomic E-state index is -0.0377. The van der Waals surface area contributed by atoms with Crippen LogP contribution in [0.3, 0.4) is 0 Å². The topological polar surface area (TPSA) is 59.6 Å². The summed E-state index contributed by atoms with van der Waals surface area (Å²) in [5.41, 5.74) is 1.05. The highest BCUT2D eigenvalue weighted by Gasteiger charge is 2.26. The molecular formula is C20H32N2O3. The molecule has 0 aromatic heterocycles. The average molecular weight is 348 g/mol. The summed E-state index contributed by atoms with van der Waals surface area (Å²) in [7, 11) is 0. The Balaban J connectivity index is 2.18. The lowest BCUT2D eigenvalue weighted by molar-refractivity contribution is -0.126. The maximum Gasteiger partial charge on any atom is 0.224 e. The van der Waals surface area contributed by atoms with E-state index in [9.17, 15) is 4.79 Å². The minimum Gasteiger partial charge on any atom is -0.490 e. The van der Waals surface area contributed by atoms with Gasteiger partial charge in [-0.25, -0.2) is 0 Å². The van der Waals surface area contributed by atoms with Crippen molar-refractivity contribution in [3.05, 3.63) is 23.8 Å². The molecule has 0 spiro atoms. The Morgan fingerprint density at radius 1 is 1.24 bits per heavy atom. The molecule has 0 bridgehead atoms. The van der Waals surface area contributed by atoms with E-state index in [0.717, 1.165) is 43.0 Å². The van der Waals surface area contributed by atoms with Gasteiger partial charge >= 0.3 is 0 Å². The Morgan fingerprint density at radius 3 is 2.56 bits per heavy atom. The summed E-state index contributed by atoms with van der Waals surface area (Å²) >= 11 is 0. The summed E-state index contributed by atoms with van der Waals surface area (Å²) in [6.07, 6.45) is 2.01. The van der Waals surface area contributed by atoms with Gasteiger partial charge in [0.1, 0.15) is 0 Å². The molecule has 1 aromatic rings. The van der Waals surface area contributed by atoms with Crippen molar-refractivity contribution in [2.24, 2.45) is 11.8 Å². The SMILES string of the molecule is CCOc1ccc(C(NC(=O)C2CCCNC2)C(C)C)cc1OCC. The fourth-order valence-corrected chi connectivity index (χ4v) is 3.24. The molecule has 5 nitrogen and oxygen atoms in total. The van der Waals surface area contributed by atoms with Gasteiger partial charge in [-0.3, -0.25) is 4.79 Å². The first-order valence-corrected chi connectivity index (χ1v) is 9.47. The van der Waals surface area contributed by atoms with E-state index in [-0.39, 0.29) is 23.8 Å². The number of carbonyl (C=O) groups is 1. The van der Waals surface area contributed by atoms with E-state index >= 15 is 0 Å². The zero-order chi connectivity index (χ0) is 18.2. The van der Waals surface area contributed by atoms with Crippen molar-refractivity contribution in [3.63, 3.8) is 0 Å². The van der Waals surface area contributed by atoms with Crippen LogP contribution in [0.4, 0.5) is 0 Å². The van der Waals surface area contributed by atoms with Crippen molar-refractivity contribution in [1.29, 1.82) is 0 Å². The molecule has 2 atom stereocenters. The third-order valence-electron chi connectivity index (χ3n) is 4.56. The van der Waals surface area contributed by atoms with E-state index in [1.165, 1.54) is 0 Å². The molecule has 1 amide bonds. The van der Waals surface area contributed by atoms with Crippen LogP contribution in [0.2, 0.25) is 0 Å². The fraction of sp³-hybridized carbons (Fsp3) is 0.650. The molecule has 1 aromatic carbocycles. The number of piperidine rings is 1. The highest BCUT2D eigenvalue weighted by Crippen LogP contribution is 2.33. The quantitative estimate of drug-likeness (QED) is 0.757. The van der Waals surface area contributed by atoms with E-state index < -0.39 is 0 Å². The van der Waals surface area contributed by atoms with Gasteiger partial charge in [-0.15, -0.1) is 0 Å². The van der Waals surface area contributed by atoms with Crippen LogP contribution in [0.25, 0.3) is 0 Å². The summed E-state index contributed by atoms with van der Waals surface area (Å²) in [6, 6.07) is 5.92. The lowest BCUT2D eigenvalue weighted by Crippen LogP contribution is -2.42. The number of benzene rings is 1. The predicted molar refractivity (Wildman–Crippen MR) is 100 cm³/mol. The van der Waals surface area contributed by atoms with E-state index in [1.807, 2.05) is 32.0 Å². The molecule has 0 radical (unpaired) electrons. The lowest BCUT2D eigenvalue weighted by Gasteiger charge is -2.28. The smallest absolute Gasteiger partial charge is 0.224 e. The van der Waals surface area contributed by atoms with Crippen molar-refractivity contribution >= 4 is 5.91 Å². The maximum absolute atomic E-state index is 12.7. The van der Waals surface area contributed by atoms with E-state index in [0.29, 0.717) is 13.2 Å². The molecule has 140 valence electrons. The Morgan fingerprint density at radius 2 is 1.96 bits per heavy atom. The fourth-order valence-electron chi connectivity index (χ4n) is 3.24. The number of carbonyl (C=O) groups excluding carboxylic acids is 1. The van der Waals surface area contributed by atoms with Crippen LogP contribution >= 0.6 is 0 Å². The molecule has 1 saturated heterocycles. The van der Waals surface area contributed by atoms with Gasteiger partial charge in [0.25, 0.3) is 0 Å². The lowest BCUT2D eigenvalue weighted by atomic mass is 9.93. The maximum atomic E-state index is 12.7. The summed E-state index contributed by atoms with van der Waals surface area (Å²) in [6.45, 7) is 11.1. The zero-order valence-electron chi connectivity index (χ0n) is 15.9. The monoisotopic (exact) mass is 348 g/mol. The van der Waals surface area contributed by atoms with Crippen LogP contribution in [-0.2, 0) is 4.79 Å². The molecule has 0 aliphatic carbocycles. The Hall–Kier alpha value is -1.75. The Labute approximate surface area is 151 Å². The van der Waals surface area contributed by atoms with E-state index in [4.69, 9.17) is 9.47 Å². The van der Waals surface area contributed by atoms with Crippen LogP contribution in [0, 0.1) is 11.8 Å². The number of amides is 1. The van der Waals surface area contributed by atoms with Gasteiger partial charge in [-0.05, 0) is 56.8 Å². The van der Waals surface area contributed by atoms with Crippen LogP contribution in [0.5, 0.6) is 11.5 Å². The molecule has 1 aliphatic rings. The van der Waals surface area contributed by atoms with Gasteiger partial charge in [0.15, 0.2) is 11.5 Å². The number of rotatable bonds is 8. The summed E-state index contributed by atoms with van der Waals surface area (Å²) in [5, 5.41) is 6.56. The highest BCUT2D eigenvalue weighted by molar-refractivity contribution is 5.79. The van der Waals surface area contributed by atoms with Crippen LogP contribution < -0.4 is 20.1 Å². The molecule has 1 heterocycles. The van der Waals surface area contributed by atoms with Crippen molar-refractivity contribution in [3.8, 4) is 11.5 Å². The van der Waals surface area contributed by atoms with Gasteiger partial charge < -0.3 is 20.1 Å². The normalized spacial score (nSPS) is 18.7. The second-order valence-corrected chi connectivity index (χ2v) is 6.85. The summed E-state index contributed by atoms with van der Waals surface area (Å²) in [4.78, 5) is 12.7. The van der Waals surface area contributed by atoms with E-state index in [1.54, 1.807) is 0 Å². The zero-order valence-corrected chi connectivity index (χ0v) is 15.9. The number of nitrogens with one attached hydrogen (secondary N) is 2. The molecule has 2 rings (SSSR count). The standard InChI is InChI=1S/C20H32N2O3/c1-5-24-17-10-9-15(12-18(17)25-6-2)19(14(3)4)22-20(23)16-8-7-11-21-13-16/h9-10,12,14,16,19,21H,5-8,11,13H2,1-4H3,(H,22,23). The Bertz CT molecular complexity index is 554. The minimum absolute atomic E-state index is 0.0377. The number of hydrogen-bond donors (Lipinski definition) is 2. The second-order valence-electron chi connectivity index (χ2n) is 6.85. The predicted octanol–water partition coefficient (Wildman–Crippen LogP) is 3.30. The molecular weight excluding hydrogens is 316 g/mol. The van der Waals surface area contributed by atoms with Crippen LogP contribution in [0.15, 0.2) is 18.2 Å². The second kappa shape index (κ2) is 9.66. The van der Waals surface area contributed by atoms with Gasteiger partial charge in [-0.1, -0.05) is 19.9 Å². The Kier molecular flexibility index (Phi) is 7.56. The molecule has 0 saturated carbocycles. The van der Waals surface area contributed by atoms with Crippen molar-refractivity contribution in [2.45, 2.75) is 46.6 Å². The van der Waals surface area contributed by atoms with Gasteiger partial charge in [-0.2, -0.15) is 0 Å². The van der Waals surface area contributed by atoms with Crippen molar-refractivity contribution < 1.29 is 14.3 Å². The molecule has 2 N–H and O–H groups in total. The first-order valence-electron chi connectivity index (χ1n) is 9.47. The van der Waals surface area contributed by atoms with Crippen LogP contribution in [0.1, 0.15) is 52.1 Å². The number of hydrogen-bond acceptors (Lipinski definition) is 4. The van der Waals surface area contributed by atoms with Crippen molar-refractivity contribution in [2.75, 3.05) is 26.3 Å². The first-order chi connectivity index (χ1) is 12.1. The van der Waals surface area contributed by atoms with Gasteiger partial charge in [0.2, 0.25) is 5.91 Å². The largest absolute Gasteiger partial charge is 0.490 e. The molecule has 2 unspecified atom stereocenters. The van der Waals surface area contributed by atoms with Crippen molar-refractivity contribution in [1.82, 2.24) is 10.6 Å². The van der Waals surface area contributed by atoms with Crippen LogP contribution in [-0.4, -0.2) is 32.2 Å². The molecule has 5 heteroatoms. The summed E-state index contributed by atoms with van der Waals surface area (Å²) in [5.74, 6) is 1.97. The number of ether oxygens (including phenoxy) is 2. The van der Waals surface area contributed by atoms with Gasteiger partial charge in [0, 0.05) is 6.54 Å². The first kappa shape index (κ1) is 19.6. The highest BCUT2D eigenvalue weighted by atomic mass is 16.5. The molecule has 1 aliphatic heterocycles. The third kappa shape index (κ3) is 5.36.